The van der Waals surface area contributed by atoms with Crippen molar-refractivity contribution in [1.29, 1.82) is 0 Å². The summed E-state index contributed by atoms with van der Waals surface area (Å²) >= 11 is 6.09. The molecule has 0 radical (unpaired) electrons. The monoisotopic (exact) mass is 267 g/mol. The van der Waals surface area contributed by atoms with Crippen LogP contribution in [0, 0.1) is 5.41 Å². The Bertz CT molecular complexity index is 421. The van der Waals surface area contributed by atoms with Gasteiger partial charge in [-0.15, -0.1) is 0 Å². The number of hydrogen-bond donors (Lipinski definition) is 1. The molecule has 1 saturated carbocycles. The first kappa shape index (κ1) is 13.7. The maximum absolute atomic E-state index is 6.09. The van der Waals surface area contributed by atoms with Crippen LogP contribution in [0.5, 0.6) is 5.75 Å². The quantitative estimate of drug-likeness (QED) is 0.899. The third-order valence-corrected chi connectivity index (χ3v) is 4.34. The fraction of sp³-hybridized carbons (Fsp3) is 0.600. The highest BCUT2D eigenvalue weighted by Crippen LogP contribution is 2.42. The first-order valence-electron chi connectivity index (χ1n) is 6.56. The zero-order valence-corrected chi connectivity index (χ0v) is 12.2. The lowest BCUT2D eigenvalue weighted by atomic mass is 9.81. The minimum atomic E-state index is 0.353. The van der Waals surface area contributed by atoms with Crippen LogP contribution in [0.15, 0.2) is 18.2 Å². The molecule has 1 aromatic rings. The minimum absolute atomic E-state index is 0.353. The van der Waals surface area contributed by atoms with Crippen LogP contribution in [0.1, 0.15) is 31.7 Å². The van der Waals surface area contributed by atoms with Crippen LogP contribution in [-0.2, 0) is 6.42 Å². The van der Waals surface area contributed by atoms with Gasteiger partial charge in [0.15, 0.2) is 0 Å². The number of halogens is 1. The van der Waals surface area contributed by atoms with Crippen molar-refractivity contribution in [3.05, 3.63) is 28.8 Å². The Morgan fingerprint density at radius 2 is 2.28 bits per heavy atom. The molecule has 0 amide bonds. The zero-order valence-electron chi connectivity index (χ0n) is 11.4. The maximum Gasteiger partial charge on any atom is 0.122 e. The highest BCUT2D eigenvalue weighted by atomic mass is 35.5. The molecule has 0 saturated heterocycles. The summed E-state index contributed by atoms with van der Waals surface area (Å²) < 4.78 is 5.43. The van der Waals surface area contributed by atoms with Gasteiger partial charge in [0.2, 0.25) is 0 Å². The topological polar surface area (TPSA) is 21.3 Å². The van der Waals surface area contributed by atoms with Crippen molar-refractivity contribution < 1.29 is 4.74 Å². The van der Waals surface area contributed by atoms with Crippen LogP contribution < -0.4 is 10.1 Å². The van der Waals surface area contributed by atoms with E-state index in [0.29, 0.717) is 11.5 Å². The number of ether oxygens (including phenoxy) is 1. The molecule has 2 unspecified atom stereocenters. The predicted molar refractivity (Wildman–Crippen MR) is 76.5 cm³/mol. The van der Waals surface area contributed by atoms with E-state index in [1.165, 1.54) is 24.8 Å². The summed E-state index contributed by atoms with van der Waals surface area (Å²) in [5.41, 5.74) is 1.58. The lowest BCUT2D eigenvalue weighted by Gasteiger charge is -2.25. The van der Waals surface area contributed by atoms with Gasteiger partial charge in [-0.05, 0) is 61.9 Å². The molecule has 0 aliphatic heterocycles. The molecular weight excluding hydrogens is 246 g/mol. The average Bonchev–Trinajstić information content (AvgIpc) is 2.71. The average molecular weight is 268 g/mol. The van der Waals surface area contributed by atoms with Crippen molar-refractivity contribution in [2.75, 3.05) is 14.2 Å². The summed E-state index contributed by atoms with van der Waals surface area (Å²) in [5, 5.41) is 4.18. The van der Waals surface area contributed by atoms with E-state index >= 15 is 0 Å². The Morgan fingerprint density at radius 1 is 1.50 bits per heavy atom. The van der Waals surface area contributed by atoms with E-state index in [-0.39, 0.29) is 0 Å². The number of hydrogen-bond acceptors (Lipinski definition) is 2. The van der Waals surface area contributed by atoms with Gasteiger partial charge in [-0.3, -0.25) is 0 Å². The molecule has 2 atom stereocenters. The van der Waals surface area contributed by atoms with E-state index in [9.17, 15) is 0 Å². The summed E-state index contributed by atoms with van der Waals surface area (Å²) in [4.78, 5) is 0. The summed E-state index contributed by atoms with van der Waals surface area (Å²) in [5.74, 6) is 0.952. The molecule has 100 valence electrons. The van der Waals surface area contributed by atoms with Gasteiger partial charge >= 0.3 is 0 Å². The minimum Gasteiger partial charge on any atom is -0.496 e. The van der Waals surface area contributed by atoms with Crippen molar-refractivity contribution in [2.45, 2.75) is 38.6 Å². The van der Waals surface area contributed by atoms with E-state index in [1.807, 2.05) is 18.2 Å². The van der Waals surface area contributed by atoms with Gasteiger partial charge in [-0.25, -0.2) is 0 Å². The van der Waals surface area contributed by atoms with E-state index in [1.54, 1.807) is 7.11 Å². The lowest BCUT2D eigenvalue weighted by molar-refractivity contribution is 0.316. The van der Waals surface area contributed by atoms with Crippen LogP contribution in [0.4, 0.5) is 0 Å². The molecule has 0 aromatic heterocycles. The van der Waals surface area contributed by atoms with Gasteiger partial charge in [0.25, 0.3) is 0 Å². The first-order valence-corrected chi connectivity index (χ1v) is 6.94. The molecule has 0 heterocycles. The van der Waals surface area contributed by atoms with Crippen LogP contribution in [0.3, 0.4) is 0 Å². The van der Waals surface area contributed by atoms with Crippen molar-refractivity contribution in [1.82, 2.24) is 5.32 Å². The Labute approximate surface area is 115 Å². The zero-order chi connectivity index (χ0) is 13.2. The lowest BCUT2D eigenvalue weighted by Crippen LogP contribution is -2.24. The molecule has 0 spiro atoms. The van der Waals surface area contributed by atoms with E-state index in [2.05, 4.69) is 19.3 Å². The second kappa shape index (κ2) is 5.50. The van der Waals surface area contributed by atoms with Crippen molar-refractivity contribution in [3.8, 4) is 5.75 Å². The second-order valence-corrected chi connectivity index (χ2v) is 6.11. The highest BCUT2D eigenvalue weighted by molar-refractivity contribution is 6.30. The maximum atomic E-state index is 6.09. The summed E-state index contributed by atoms with van der Waals surface area (Å²) in [7, 11) is 3.77. The van der Waals surface area contributed by atoms with Gasteiger partial charge in [0, 0.05) is 11.1 Å². The number of methoxy groups -OCH3 is 1. The van der Waals surface area contributed by atoms with Gasteiger partial charge in [-0.2, -0.15) is 0 Å². The molecule has 1 aromatic carbocycles. The van der Waals surface area contributed by atoms with Gasteiger partial charge in [0.05, 0.1) is 7.11 Å². The van der Waals surface area contributed by atoms with Crippen LogP contribution in [0.2, 0.25) is 5.02 Å². The van der Waals surface area contributed by atoms with Crippen LogP contribution in [0.25, 0.3) is 0 Å². The summed E-state index contributed by atoms with van der Waals surface area (Å²) in [6, 6.07) is 6.54. The van der Waals surface area contributed by atoms with Crippen LogP contribution >= 0.6 is 11.6 Å². The molecule has 3 heteroatoms. The molecule has 1 aliphatic carbocycles. The molecule has 1 aliphatic rings. The fourth-order valence-electron chi connectivity index (χ4n) is 3.07. The predicted octanol–water partition coefficient (Wildman–Crippen LogP) is 3.67. The largest absolute Gasteiger partial charge is 0.496 e. The van der Waals surface area contributed by atoms with Gasteiger partial charge in [0.1, 0.15) is 5.75 Å². The van der Waals surface area contributed by atoms with Crippen LogP contribution in [-0.4, -0.2) is 20.2 Å². The second-order valence-electron chi connectivity index (χ2n) is 5.67. The SMILES string of the molecule is CNC1CCC(C)(Cc2cc(Cl)ccc2OC)C1. The normalized spacial score (nSPS) is 27.4. The number of rotatable bonds is 4. The summed E-state index contributed by atoms with van der Waals surface area (Å²) in [6.45, 7) is 2.37. The number of benzene rings is 1. The van der Waals surface area contributed by atoms with E-state index < -0.39 is 0 Å². The third-order valence-electron chi connectivity index (χ3n) is 4.10. The fourth-order valence-corrected chi connectivity index (χ4v) is 3.27. The smallest absolute Gasteiger partial charge is 0.122 e. The highest BCUT2D eigenvalue weighted by Gasteiger charge is 2.35. The molecule has 0 bridgehead atoms. The van der Waals surface area contributed by atoms with Crippen molar-refractivity contribution >= 4 is 11.6 Å². The number of nitrogens with one attached hydrogen (secondary N) is 1. The van der Waals surface area contributed by atoms with Crippen molar-refractivity contribution in [2.24, 2.45) is 5.41 Å². The molecular formula is C15H22ClNO. The molecule has 2 nitrogen and oxygen atoms in total. The third kappa shape index (κ3) is 2.99. The molecule has 18 heavy (non-hydrogen) atoms. The Kier molecular flexibility index (Phi) is 4.18. The van der Waals surface area contributed by atoms with E-state index in [0.717, 1.165) is 17.2 Å². The van der Waals surface area contributed by atoms with E-state index in [4.69, 9.17) is 16.3 Å². The first-order chi connectivity index (χ1) is 8.56. The molecule has 1 fully saturated rings. The molecule has 1 N–H and O–H groups in total. The van der Waals surface area contributed by atoms with Crippen molar-refractivity contribution in [3.63, 3.8) is 0 Å². The Hall–Kier alpha value is -0.730. The van der Waals surface area contributed by atoms with Gasteiger partial charge in [-0.1, -0.05) is 18.5 Å². The Morgan fingerprint density at radius 3 is 2.89 bits per heavy atom. The standard InChI is InChI=1S/C15H22ClNO/c1-15(7-6-13(10-15)17-2)9-11-8-12(16)4-5-14(11)18-3/h4-5,8,13,17H,6-7,9-10H2,1-3H3. The Balaban J connectivity index is 2.16. The molecule has 2 rings (SSSR count). The van der Waals surface area contributed by atoms with Gasteiger partial charge < -0.3 is 10.1 Å². The summed E-state index contributed by atoms with van der Waals surface area (Å²) in [6.07, 6.45) is 4.78.